The zero-order valence-corrected chi connectivity index (χ0v) is 22.6. The van der Waals surface area contributed by atoms with Gasteiger partial charge in [0.2, 0.25) is 5.91 Å². The summed E-state index contributed by atoms with van der Waals surface area (Å²) in [5.74, 6) is -0.411. The van der Waals surface area contributed by atoms with Crippen LogP contribution in [-0.4, -0.2) is 73.4 Å². The molecule has 36 heavy (non-hydrogen) atoms. The molecule has 1 spiro atoms. The van der Waals surface area contributed by atoms with Gasteiger partial charge in [-0.3, -0.25) is 4.79 Å². The number of rotatable bonds is 11. The molecule has 2 saturated carbocycles. The van der Waals surface area contributed by atoms with E-state index in [1.54, 1.807) is 14.0 Å². The molecular formula is C25H42FN3O6S. The van der Waals surface area contributed by atoms with Crippen LogP contribution in [0.5, 0.6) is 0 Å². The standard InChI is InChI=1S/C25H42FN3O6S/c1-15(2)5-10-19(16(3)30)22-23(33-4)20(11-12-25(22)14-34-25)35-24(32)29-18-8-6-17(7-9-18)28-21(31)13-27-36-26/h5,16-20,22-23,27,30H,6-14H2,1-4H3,(H,28,31)(H,29,32)/t16-,17?,18?,19?,20?,22?,23?,25?/m1/s1. The molecule has 0 aromatic heterocycles. The number of nitrogens with one attached hydrogen (secondary N) is 3. The summed E-state index contributed by atoms with van der Waals surface area (Å²) in [6.45, 7) is 6.44. The van der Waals surface area contributed by atoms with Crippen molar-refractivity contribution in [3.8, 4) is 0 Å². The van der Waals surface area contributed by atoms with E-state index in [1.165, 1.54) is 5.57 Å². The summed E-state index contributed by atoms with van der Waals surface area (Å²) >= 11 is -0.0784. The Morgan fingerprint density at radius 2 is 1.83 bits per heavy atom. The van der Waals surface area contributed by atoms with Crippen molar-refractivity contribution in [3.05, 3.63) is 11.6 Å². The van der Waals surface area contributed by atoms with Crippen LogP contribution in [0.1, 0.15) is 65.7 Å². The van der Waals surface area contributed by atoms with E-state index in [-0.39, 0.29) is 60.4 Å². The molecule has 1 heterocycles. The van der Waals surface area contributed by atoms with Crippen molar-refractivity contribution in [2.75, 3.05) is 20.3 Å². The number of halogens is 1. The van der Waals surface area contributed by atoms with Gasteiger partial charge in [0.1, 0.15) is 24.5 Å². The number of aliphatic hydroxyl groups excluding tert-OH is 1. The first-order valence-corrected chi connectivity index (χ1v) is 13.7. The molecule has 3 fully saturated rings. The molecule has 5 unspecified atom stereocenters. The summed E-state index contributed by atoms with van der Waals surface area (Å²) in [6, 6.07) is -0.0190. The molecular weight excluding hydrogens is 489 g/mol. The fraction of sp³-hybridized carbons (Fsp3) is 0.840. The molecule has 0 radical (unpaired) electrons. The third kappa shape index (κ3) is 7.80. The van der Waals surface area contributed by atoms with Gasteiger partial charge in [0.15, 0.2) is 0 Å². The van der Waals surface area contributed by atoms with Crippen LogP contribution in [0.4, 0.5) is 8.68 Å². The number of hydrogen-bond acceptors (Lipinski definition) is 8. The maximum absolute atomic E-state index is 12.8. The molecule has 9 nitrogen and oxygen atoms in total. The number of carbonyl (C=O) groups is 2. The maximum atomic E-state index is 12.8. The average molecular weight is 532 g/mol. The van der Waals surface area contributed by atoms with E-state index in [0.717, 1.165) is 32.1 Å². The van der Waals surface area contributed by atoms with Gasteiger partial charge < -0.3 is 30.0 Å². The Bertz CT molecular complexity index is 769. The molecule has 0 aromatic carbocycles. The summed E-state index contributed by atoms with van der Waals surface area (Å²) in [7, 11) is 1.63. The van der Waals surface area contributed by atoms with Gasteiger partial charge in [-0.05, 0) is 71.6 Å². The van der Waals surface area contributed by atoms with Gasteiger partial charge in [0.05, 0.1) is 24.9 Å². The monoisotopic (exact) mass is 531 g/mol. The highest BCUT2D eigenvalue weighted by atomic mass is 32.2. The molecule has 206 valence electrons. The van der Waals surface area contributed by atoms with Crippen molar-refractivity contribution in [1.29, 1.82) is 0 Å². The number of alkyl carbamates (subject to hydrolysis) is 1. The van der Waals surface area contributed by atoms with Gasteiger partial charge in [0, 0.05) is 25.1 Å². The topological polar surface area (TPSA) is 121 Å². The number of methoxy groups -OCH3 is 1. The Kier molecular flexibility index (Phi) is 10.9. The zero-order valence-electron chi connectivity index (χ0n) is 21.8. The summed E-state index contributed by atoms with van der Waals surface area (Å²) < 4.78 is 32.1. The summed E-state index contributed by atoms with van der Waals surface area (Å²) in [4.78, 5) is 24.6. The lowest BCUT2D eigenvalue weighted by atomic mass is 9.67. The smallest absolute Gasteiger partial charge is 0.407 e. The van der Waals surface area contributed by atoms with Crippen LogP contribution in [0.2, 0.25) is 0 Å². The normalized spacial score (nSPS) is 33.3. The molecule has 1 aliphatic heterocycles. The second kappa shape index (κ2) is 13.4. The predicted molar refractivity (Wildman–Crippen MR) is 136 cm³/mol. The largest absolute Gasteiger partial charge is 0.443 e. The maximum Gasteiger partial charge on any atom is 0.407 e. The van der Waals surface area contributed by atoms with Gasteiger partial charge in [-0.25, -0.2) is 9.52 Å². The van der Waals surface area contributed by atoms with Crippen LogP contribution >= 0.6 is 12.3 Å². The van der Waals surface area contributed by atoms with Crippen LogP contribution < -0.4 is 15.4 Å². The minimum absolute atomic E-state index is 0.0166. The molecule has 11 heteroatoms. The van der Waals surface area contributed by atoms with Crippen molar-refractivity contribution in [2.24, 2.45) is 11.8 Å². The van der Waals surface area contributed by atoms with Crippen LogP contribution in [0.3, 0.4) is 0 Å². The Morgan fingerprint density at radius 3 is 2.36 bits per heavy atom. The zero-order chi connectivity index (χ0) is 26.3. The van der Waals surface area contributed by atoms with E-state index >= 15 is 0 Å². The van der Waals surface area contributed by atoms with Crippen LogP contribution in [-0.2, 0) is 19.0 Å². The minimum atomic E-state index is -0.556. The Balaban J connectivity index is 1.55. The molecule has 0 bridgehead atoms. The third-order valence-corrected chi connectivity index (χ3v) is 8.06. The van der Waals surface area contributed by atoms with Crippen LogP contribution in [0, 0.1) is 11.8 Å². The highest BCUT2D eigenvalue weighted by Crippen LogP contribution is 2.52. The number of amides is 2. The first-order chi connectivity index (χ1) is 17.2. The van der Waals surface area contributed by atoms with E-state index in [9.17, 15) is 18.6 Å². The summed E-state index contributed by atoms with van der Waals surface area (Å²) in [5, 5.41) is 16.5. The molecule has 2 amide bonds. The highest BCUT2D eigenvalue weighted by Gasteiger charge is 2.62. The number of hydrogen-bond donors (Lipinski definition) is 4. The van der Waals surface area contributed by atoms with Gasteiger partial charge in [0.25, 0.3) is 0 Å². The van der Waals surface area contributed by atoms with Crippen LogP contribution in [0.15, 0.2) is 11.6 Å². The Labute approximate surface area is 218 Å². The highest BCUT2D eigenvalue weighted by molar-refractivity contribution is 7.92. The second-order valence-corrected chi connectivity index (χ2v) is 11.1. The lowest BCUT2D eigenvalue weighted by molar-refractivity contribution is -0.128. The number of epoxide rings is 1. The van der Waals surface area contributed by atoms with Gasteiger partial charge in [-0.2, -0.15) is 0 Å². The van der Waals surface area contributed by atoms with E-state index < -0.39 is 18.3 Å². The van der Waals surface area contributed by atoms with Crippen molar-refractivity contribution in [3.63, 3.8) is 0 Å². The summed E-state index contributed by atoms with van der Waals surface area (Å²) in [6.07, 6.45) is 5.30. The number of ether oxygens (including phenoxy) is 3. The van der Waals surface area contributed by atoms with E-state index in [0.29, 0.717) is 19.4 Å². The number of allylic oxidation sites excluding steroid dienone is 2. The van der Waals surface area contributed by atoms with Gasteiger partial charge in [-0.1, -0.05) is 11.6 Å². The van der Waals surface area contributed by atoms with Crippen LogP contribution in [0.25, 0.3) is 0 Å². The summed E-state index contributed by atoms with van der Waals surface area (Å²) in [5.41, 5.74) is 0.864. The third-order valence-electron chi connectivity index (χ3n) is 7.81. The van der Waals surface area contributed by atoms with Crippen molar-refractivity contribution < 1.29 is 32.8 Å². The van der Waals surface area contributed by atoms with E-state index in [4.69, 9.17) is 14.2 Å². The number of carbonyl (C=O) groups excluding carboxylic acids is 2. The van der Waals surface area contributed by atoms with Crippen molar-refractivity contribution in [1.82, 2.24) is 15.4 Å². The van der Waals surface area contributed by atoms with Crippen molar-refractivity contribution >= 4 is 24.3 Å². The Hall–Kier alpha value is -1.40. The van der Waals surface area contributed by atoms with Gasteiger partial charge in [-0.15, -0.1) is 3.89 Å². The first kappa shape index (κ1) is 29.2. The molecule has 3 rings (SSSR count). The number of aliphatic hydroxyl groups is 1. The molecule has 2 aliphatic carbocycles. The predicted octanol–water partition coefficient (Wildman–Crippen LogP) is 3.18. The van der Waals surface area contributed by atoms with E-state index in [2.05, 4.69) is 21.4 Å². The second-order valence-electron chi connectivity index (χ2n) is 10.6. The molecule has 4 N–H and O–H groups in total. The van der Waals surface area contributed by atoms with E-state index in [1.807, 2.05) is 13.8 Å². The molecule has 1 saturated heterocycles. The molecule has 6 atom stereocenters. The SMILES string of the molecule is COC1C(OC(=O)NC2CCC(NC(=O)CNSF)CC2)CCC2(CO2)C1C(CC=C(C)C)[C@@H](C)O. The quantitative estimate of drug-likeness (QED) is 0.182. The first-order valence-electron chi connectivity index (χ1n) is 12.9. The minimum Gasteiger partial charge on any atom is -0.443 e. The molecule has 0 aromatic rings. The average Bonchev–Trinajstić information content (AvgIpc) is 3.60. The molecule has 3 aliphatic rings. The lowest BCUT2D eigenvalue weighted by Crippen LogP contribution is -2.55. The van der Waals surface area contributed by atoms with Crippen molar-refractivity contribution in [2.45, 2.75) is 102 Å². The Morgan fingerprint density at radius 1 is 1.19 bits per heavy atom. The lowest BCUT2D eigenvalue weighted by Gasteiger charge is -2.45. The fourth-order valence-corrected chi connectivity index (χ4v) is 6.03. The van der Waals surface area contributed by atoms with Gasteiger partial charge >= 0.3 is 6.09 Å². The fourth-order valence-electron chi connectivity index (χ4n) is 5.84.